The maximum absolute atomic E-state index is 12.8. The van der Waals surface area contributed by atoms with Crippen LogP contribution in [0.1, 0.15) is 158 Å². The summed E-state index contributed by atoms with van der Waals surface area (Å²) in [6, 6.07) is -0.0424. The highest BCUT2D eigenvalue weighted by molar-refractivity contribution is 5.77. The minimum Gasteiger partial charge on any atom is -0.446 e. The summed E-state index contributed by atoms with van der Waals surface area (Å²) in [4.78, 5) is 27.5. The SMILES string of the molecule is CC(C)CCC[C@@H](C)C1CCC2C3CC=C4CC(OC(=O)NCCCCCC(=O)N5CC(O)CC5COC(C)C)CCC4(C)C3(C)CCC21C. The zero-order chi connectivity index (χ0) is 36.3. The number of nitrogens with zero attached hydrogens (tertiary/aromatic N) is 1. The molecule has 7 heteroatoms. The number of aliphatic hydroxyl groups excluding tert-OH is 1. The summed E-state index contributed by atoms with van der Waals surface area (Å²) in [5, 5.41) is 13.1. The van der Waals surface area contributed by atoms with Gasteiger partial charge in [0.1, 0.15) is 6.10 Å². The molecule has 0 aromatic heterocycles. The minimum atomic E-state index is -0.469. The van der Waals surface area contributed by atoms with Gasteiger partial charge in [-0.25, -0.2) is 4.79 Å². The van der Waals surface area contributed by atoms with Crippen molar-refractivity contribution in [3.63, 3.8) is 0 Å². The van der Waals surface area contributed by atoms with E-state index in [9.17, 15) is 14.7 Å². The van der Waals surface area contributed by atoms with Crippen LogP contribution in [0.3, 0.4) is 0 Å². The molecule has 4 aliphatic carbocycles. The second-order valence-corrected chi connectivity index (χ2v) is 18.9. The largest absolute Gasteiger partial charge is 0.446 e. The first-order valence-electron chi connectivity index (χ1n) is 20.9. The summed E-state index contributed by atoms with van der Waals surface area (Å²) in [6.07, 6.45) is 19.2. The number of hydrogen-bond donors (Lipinski definition) is 2. The van der Waals surface area contributed by atoms with Gasteiger partial charge in [0.2, 0.25) is 5.91 Å². The van der Waals surface area contributed by atoms with Gasteiger partial charge < -0.3 is 24.8 Å². The van der Waals surface area contributed by atoms with Crippen LogP contribution >= 0.6 is 0 Å². The molecule has 5 aliphatic rings. The Labute approximate surface area is 305 Å². The van der Waals surface area contributed by atoms with Crippen LogP contribution in [0.2, 0.25) is 0 Å². The second-order valence-electron chi connectivity index (χ2n) is 18.9. The number of fused-ring (bicyclic) bond motifs is 5. The first kappa shape index (κ1) is 39.6. The van der Waals surface area contributed by atoms with Gasteiger partial charge >= 0.3 is 6.09 Å². The molecule has 2 amide bonds. The molecule has 9 unspecified atom stereocenters. The molecule has 5 rings (SSSR count). The average Bonchev–Trinajstić information content (AvgIpc) is 3.61. The molecular weight excluding hydrogens is 624 g/mol. The number of rotatable bonds is 15. The quantitative estimate of drug-likeness (QED) is 0.131. The van der Waals surface area contributed by atoms with Crippen LogP contribution < -0.4 is 5.32 Å². The number of hydrogen-bond acceptors (Lipinski definition) is 5. The molecule has 3 saturated carbocycles. The lowest BCUT2D eigenvalue weighted by Gasteiger charge is -2.64. The molecule has 7 nitrogen and oxygen atoms in total. The van der Waals surface area contributed by atoms with Gasteiger partial charge in [-0.3, -0.25) is 4.79 Å². The summed E-state index contributed by atoms with van der Waals surface area (Å²) in [6.45, 7) is 20.6. The summed E-state index contributed by atoms with van der Waals surface area (Å²) in [5.74, 6) is 4.21. The van der Waals surface area contributed by atoms with E-state index in [0.717, 1.165) is 68.1 Å². The van der Waals surface area contributed by atoms with E-state index >= 15 is 0 Å². The zero-order valence-corrected chi connectivity index (χ0v) is 33.2. The topological polar surface area (TPSA) is 88.1 Å². The Bertz CT molecular complexity index is 1190. The summed E-state index contributed by atoms with van der Waals surface area (Å²) in [7, 11) is 0. The van der Waals surface area contributed by atoms with E-state index in [-0.39, 0.29) is 35.7 Å². The van der Waals surface area contributed by atoms with Gasteiger partial charge in [-0.05, 0) is 124 Å². The van der Waals surface area contributed by atoms with Crippen molar-refractivity contribution in [2.75, 3.05) is 19.7 Å². The number of allylic oxidation sites excluding steroid dienone is 1. The number of likely N-dealkylation sites (tertiary alicyclic amines) is 1. The summed E-state index contributed by atoms with van der Waals surface area (Å²) in [5.41, 5.74) is 2.55. The van der Waals surface area contributed by atoms with E-state index in [2.05, 4.69) is 52.9 Å². The van der Waals surface area contributed by atoms with Crippen LogP contribution in [0.4, 0.5) is 4.79 Å². The van der Waals surface area contributed by atoms with Crippen LogP contribution in [-0.4, -0.2) is 66.1 Å². The number of carbonyl (C=O) groups excluding carboxylic acids is 2. The number of aliphatic hydroxyl groups is 1. The predicted molar refractivity (Wildman–Crippen MR) is 202 cm³/mol. The molecule has 1 saturated heterocycles. The smallest absolute Gasteiger partial charge is 0.407 e. The third-order valence-electron chi connectivity index (χ3n) is 15.0. The lowest BCUT2D eigenvalue weighted by atomic mass is 9.40. The predicted octanol–water partition coefficient (Wildman–Crippen LogP) is 9.46. The van der Waals surface area contributed by atoms with Crippen molar-refractivity contribution in [1.82, 2.24) is 10.2 Å². The number of ether oxygens (including phenoxy) is 2. The highest BCUT2D eigenvalue weighted by Crippen LogP contribution is 2.72. The van der Waals surface area contributed by atoms with Gasteiger partial charge in [0.05, 0.1) is 24.9 Å². The Kier molecular flexibility index (Phi) is 13.2. The van der Waals surface area contributed by atoms with Crippen molar-refractivity contribution in [3.05, 3.63) is 11.6 Å². The van der Waals surface area contributed by atoms with E-state index in [1.54, 1.807) is 10.5 Å². The van der Waals surface area contributed by atoms with E-state index in [0.29, 0.717) is 43.4 Å². The highest BCUT2D eigenvalue weighted by atomic mass is 16.6. The van der Waals surface area contributed by atoms with E-state index in [1.165, 1.54) is 51.4 Å². The Balaban J connectivity index is 1.05. The third kappa shape index (κ3) is 8.45. The number of β-amino-alcohol motifs (C(OH)–C–C–N with tert-alkyl or cyclic N) is 1. The van der Waals surface area contributed by atoms with Crippen molar-refractivity contribution < 1.29 is 24.2 Å². The first-order valence-corrected chi connectivity index (χ1v) is 20.9. The maximum atomic E-state index is 12.8. The Hall–Kier alpha value is -1.60. The number of amides is 2. The van der Waals surface area contributed by atoms with Gasteiger partial charge in [0, 0.05) is 25.9 Å². The van der Waals surface area contributed by atoms with Gasteiger partial charge in [0.25, 0.3) is 0 Å². The molecule has 1 heterocycles. The monoisotopic (exact) mass is 699 g/mol. The maximum Gasteiger partial charge on any atom is 0.407 e. The average molecular weight is 699 g/mol. The number of alkyl carbamates (subject to hydrolysis) is 1. The third-order valence-corrected chi connectivity index (χ3v) is 15.0. The molecule has 0 bridgehead atoms. The number of carbonyl (C=O) groups is 2. The molecule has 0 radical (unpaired) electrons. The minimum absolute atomic E-state index is 0.0424. The van der Waals surface area contributed by atoms with E-state index < -0.39 is 6.10 Å². The molecular formula is C43H74N2O5. The molecule has 1 aliphatic heterocycles. The number of unbranched alkanes of at least 4 members (excludes halogenated alkanes) is 2. The molecule has 4 fully saturated rings. The van der Waals surface area contributed by atoms with Crippen LogP contribution in [-0.2, 0) is 14.3 Å². The Morgan fingerprint density at radius 3 is 2.48 bits per heavy atom. The van der Waals surface area contributed by atoms with Gasteiger partial charge in [0.15, 0.2) is 0 Å². The standard InChI is InChI=1S/C43H74N2O5/c1-29(2)13-12-14-31(5)36-18-19-37-38-17-16-32-25-35(20-21-42(32,7)43(38,8)23-22-41(36,37)6)50-40(48)44-24-11-9-10-15-39(47)45-27-34(46)26-33(45)28-49-30(3)4/h16,29-31,33-38,46H,9-15,17-28H2,1-8H3,(H,44,48)/t31-,33?,34?,35?,36?,37?,38?,41?,42?,43?/m1/s1. The highest BCUT2D eigenvalue weighted by Gasteiger charge is 2.64. The first-order chi connectivity index (χ1) is 23.7. The summed E-state index contributed by atoms with van der Waals surface area (Å²) >= 11 is 0. The molecule has 50 heavy (non-hydrogen) atoms. The van der Waals surface area contributed by atoms with Gasteiger partial charge in [-0.15, -0.1) is 0 Å². The molecule has 0 aromatic rings. The molecule has 0 spiro atoms. The van der Waals surface area contributed by atoms with E-state index in [1.807, 2.05) is 13.8 Å². The lowest BCUT2D eigenvalue weighted by Crippen LogP contribution is -2.57. The van der Waals surface area contributed by atoms with Crippen LogP contribution in [0.5, 0.6) is 0 Å². The normalized spacial score (nSPS) is 37.3. The summed E-state index contributed by atoms with van der Waals surface area (Å²) < 4.78 is 11.7. The van der Waals surface area contributed by atoms with Crippen molar-refractivity contribution >= 4 is 12.0 Å². The molecule has 2 N–H and O–H groups in total. The van der Waals surface area contributed by atoms with Crippen molar-refractivity contribution in [2.24, 2.45) is 45.8 Å². The lowest BCUT2D eigenvalue weighted by molar-refractivity contribution is -0.133. The fraction of sp³-hybridized carbons (Fsp3) is 0.907. The van der Waals surface area contributed by atoms with Crippen LogP contribution in [0.25, 0.3) is 0 Å². The van der Waals surface area contributed by atoms with Crippen molar-refractivity contribution in [3.8, 4) is 0 Å². The fourth-order valence-electron chi connectivity index (χ4n) is 11.9. The second kappa shape index (κ2) is 16.6. The van der Waals surface area contributed by atoms with Gasteiger partial charge in [-0.1, -0.05) is 78.9 Å². The Morgan fingerprint density at radius 2 is 1.74 bits per heavy atom. The fourth-order valence-corrected chi connectivity index (χ4v) is 11.9. The van der Waals surface area contributed by atoms with Crippen molar-refractivity contribution in [2.45, 2.75) is 182 Å². The van der Waals surface area contributed by atoms with Crippen LogP contribution in [0, 0.1) is 45.8 Å². The molecule has 286 valence electrons. The Morgan fingerprint density at radius 1 is 0.960 bits per heavy atom. The van der Waals surface area contributed by atoms with Crippen LogP contribution in [0.15, 0.2) is 11.6 Å². The molecule has 10 atom stereocenters. The van der Waals surface area contributed by atoms with E-state index in [4.69, 9.17) is 9.47 Å². The number of nitrogens with one attached hydrogen (secondary N) is 1. The zero-order valence-electron chi connectivity index (χ0n) is 33.2. The molecule has 0 aromatic carbocycles. The van der Waals surface area contributed by atoms with Crippen molar-refractivity contribution in [1.29, 1.82) is 0 Å². The van der Waals surface area contributed by atoms with Gasteiger partial charge in [-0.2, -0.15) is 0 Å².